The van der Waals surface area contributed by atoms with Gasteiger partial charge in [0.1, 0.15) is 5.70 Å². The SMILES string of the molecule is Cc1ccc(C2=C(N3CCN(CCO)CC3)C(=O)N(CCOC(C)C)C2=O)cc1C. The highest BCUT2D eigenvalue weighted by atomic mass is 16.5. The molecule has 1 aromatic carbocycles. The number of amides is 2. The summed E-state index contributed by atoms with van der Waals surface area (Å²) in [7, 11) is 0. The molecule has 0 aliphatic carbocycles. The van der Waals surface area contributed by atoms with Crippen LogP contribution in [-0.2, 0) is 14.3 Å². The van der Waals surface area contributed by atoms with Crippen molar-refractivity contribution in [1.29, 1.82) is 0 Å². The van der Waals surface area contributed by atoms with E-state index in [1.54, 1.807) is 0 Å². The van der Waals surface area contributed by atoms with Crippen LogP contribution in [0.1, 0.15) is 30.5 Å². The number of aryl methyl sites for hydroxylation is 2. The Morgan fingerprint density at radius 3 is 2.30 bits per heavy atom. The molecule has 0 atom stereocenters. The third-order valence-corrected chi connectivity index (χ3v) is 5.81. The van der Waals surface area contributed by atoms with E-state index in [1.165, 1.54) is 4.90 Å². The second-order valence-corrected chi connectivity index (χ2v) is 8.26. The van der Waals surface area contributed by atoms with E-state index in [-0.39, 0.29) is 31.1 Å². The van der Waals surface area contributed by atoms with Crippen LogP contribution in [0.2, 0.25) is 0 Å². The highest BCUT2D eigenvalue weighted by Gasteiger charge is 2.42. The van der Waals surface area contributed by atoms with Crippen LogP contribution in [0.3, 0.4) is 0 Å². The summed E-state index contributed by atoms with van der Waals surface area (Å²) in [5, 5.41) is 9.19. The first-order valence-corrected chi connectivity index (χ1v) is 10.7. The van der Waals surface area contributed by atoms with Crippen LogP contribution in [0.4, 0.5) is 0 Å². The lowest BCUT2D eigenvalue weighted by Gasteiger charge is -2.36. The van der Waals surface area contributed by atoms with Crippen LogP contribution in [-0.4, -0.2) is 90.2 Å². The minimum Gasteiger partial charge on any atom is -0.395 e. The summed E-state index contributed by atoms with van der Waals surface area (Å²) in [5.41, 5.74) is 4.02. The predicted octanol–water partition coefficient (Wildman–Crippen LogP) is 1.42. The predicted molar refractivity (Wildman–Crippen MR) is 116 cm³/mol. The molecule has 2 amide bonds. The minimum atomic E-state index is -0.247. The maximum Gasteiger partial charge on any atom is 0.277 e. The van der Waals surface area contributed by atoms with Crippen molar-refractivity contribution in [3.8, 4) is 0 Å². The van der Waals surface area contributed by atoms with Gasteiger partial charge in [-0.25, -0.2) is 0 Å². The first-order valence-electron chi connectivity index (χ1n) is 10.7. The van der Waals surface area contributed by atoms with E-state index in [4.69, 9.17) is 4.74 Å². The molecule has 164 valence electrons. The van der Waals surface area contributed by atoms with Gasteiger partial charge in [-0.15, -0.1) is 0 Å². The number of benzene rings is 1. The highest BCUT2D eigenvalue weighted by molar-refractivity contribution is 6.35. The van der Waals surface area contributed by atoms with E-state index in [2.05, 4.69) is 4.90 Å². The van der Waals surface area contributed by atoms with Gasteiger partial charge in [0, 0.05) is 32.7 Å². The summed E-state index contributed by atoms with van der Waals surface area (Å²) in [6.45, 7) is 12.1. The van der Waals surface area contributed by atoms with Gasteiger partial charge >= 0.3 is 0 Å². The smallest absolute Gasteiger partial charge is 0.277 e. The molecule has 3 rings (SSSR count). The molecule has 0 saturated carbocycles. The van der Waals surface area contributed by atoms with Gasteiger partial charge in [-0.1, -0.05) is 18.2 Å². The van der Waals surface area contributed by atoms with E-state index in [0.717, 1.165) is 29.8 Å². The number of aliphatic hydroxyl groups excluding tert-OH is 1. The maximum atomic E-state index is 13.3. The quantitative estimate of drug-likeness (QED) is 0.648. The Bertz CT molecular complexity index is 826. The van der Waals surface area contributed by atoms with E-state index in [1.807, 2.05) is 50.8 Å². The molecule has 1 saturated heterocycles. The van der Waals surface area contributed by atoms with Crippen LogP contribution in [0.25, 0.3) is 5.57 Å². The largest absolute Gasteiger partial charge is 0.395 e. The zero-order valence-electron chi connectivity index (χ0n) is 18.5. The van der Waals surface area contributed by atoms with Crippen molar-refractivity contribution in [2.75, 3.05) is 52.5 Å². The first kappa shape index (κ1) is 22.5. The fourth-order valence-corrected chi connectivity index (χ4v) is 3.93. The van der Waals surface area contributed by atoms with E-state index in [0.29, 0.717) is 37.5 Å². The summed E-state index contributed by atoms with van der Waals surface area (Å²) in [5.74, 6) is -0.486. The third-order valence-electron chi connectivity index (χ3n) is 5.81. The zero-order chi connectivity index (χ0) is 21.8. The standard InChI is InChI=1S/C23H33N3O4/c1-16(2)30-14-12-26-22(28)20(19-6-5-17(3)18(4)15-19)21(23(26)29)25-9-7-24(8-10-25)11-13-27/h5-6,15-16,27H,7-14H2,1-4H3. The maximum absolute atomic E-state index is 13.3. The Morgan fingerprint density at radius 1 is 1.00 bits per heavy atom. The number of imide groups is 1. The minimum absolute atomic E-state index is 0.0454. The normalized spacial score (nSPS) is 18.3. The molecule has 7 nitrogen and oxygen atoms in total. The molecule has 30 heavy (non-hydrogen) atoms. The van der Waals surface area contributed by atoms with E-state index >= 15 is 0 Å². The number of carbonyl (C=O) groups excluding carboxylic acids is 2. The molecule has 1 N–H and O–H groups in total. The second kappa shape index (κ2) is 9.73. The molecule has 2 aliphatic rings. The van der Waals surface area contributed by atoms with Gasteiger partial charge in [0.25, 0.3) is 11.8 Å². The Kier molecular flexibility index (Phi) is 7.28. The molecular formula is C23H33N3O4. The fraction of sp³-hybridized carbons (Fsp3) is 0.565. The van der Waals surface area contributed by atoms with Gasteiger partial charge in [-0.05, 0) is 44.4 Å². The number of rotatable bonds is 8. The molecule has 2 aliphatic heterocycles. The lowest BCUT2D eigenvalue weighted by atomic mass is 9.99. The summed E-state index contributed by atoms with van der Waals surface area (Å²) in [4.78, 5) is 32.2. The average molecular weight is 416 g/mol. The number of piperazine rings is 1. The summed E-state index contributed by atoms with van der Waals surface area (Å²) in [6.07, 6.45) is 0.0454. The third kappa shape index (κ3) is 4.74. The van der Waals surface area contributed by atoms with Crippen molar-refractivity contribution in [3.05, 3.63) is 40.6 Å². The Labute approximate surface area is 178 Å². The first-order chi connectivity index (χ1) is 14.3. The molecule has 7 heteroatoms. The Hall–Kier alpha value is -2.22. The number of nitrogens with zero attached hydrogens (tertiary/aromatic N) is 3. The lowest BCUT2D eigenvalue weighted by Crippen LogP contribution is -2.48. The van der Waals surface area contributed by atoms with Crippen molar-refractivity contribution in [3.63, 3.8) is 0 Å². The van der Waals surface area contributed by atoms with Gasteiger partial charge in [0.2, 0.25) is 0 Å². The number of aliphatic hydroxyl groups is 1. The van der Waals surface area contributed by atoms with Crippen LogP contribution < -0.4 is 0 Å². The Balaban J connectivity index is 1.91. The molecular weight excluding hydrogens is 382 g/mol. The number of β-amino-alcohol motifs (C(OH)–C–C–N with tert-alkyl or cyclic N) is 1. The summed E-state index contributed by atoms with van der Waals surface area (Å²) < 4.78 is 5.59. The van der Waals surface area contributed by atoms with Crippen molar-refractivity contribution >= 4 is 17.4 Å². The summed E-state index contributed by atoms with van der Waals surface area (Å²) in [6, 6.07) is 5.92. The van der Waals surface area contributed by atoms with Crippen molar-refractivity contribution < 1.29 is 19.4 Å². The molecule has 2 heterocycles. The molecule has 1 aromatic rings. The zero-order valence-corrected chi connectivity index (χ0v) is 18.5. The molecule has 0 unspecified atom stereocenters. The van der Waals surface area contributed by atoms with Crippen LogP contribution >= 0.6 is 0 Å². The Morgan fingerprint density at radius 2 is 1.70 bits per heavy atom. The monoisotopic (exact) mass is 415 g/mol. The molecule has 0 radical (unpaired) electrons. The molecule has 0 aromatic heterocycles. The molecule has 0 spiro atoms. The number of carbonyl (C=O) groups is 2. The van der Waals surface area contributed by atoms with Gasteiger partial charge in [-0.3, -0.25) is 19.4 Å². The van der Waals surface area contributed by atoms with Gasteiger partial charge in [0.05, 0.1) is 31.4 Å². The molecule has 0 bridgehead atoms. The van der Waals surface area contributed by atoms with Crippen molar-refractivity contribution in [2.45, 2.75) is 33.8 Å². The van der Waals surface area contributed by atoms with Gasteiger partial charge in [-0.2, -0.15) is 0 Å². The van der Waals surface area contributed by atoms with E-state index in [9.17, 15) is 14.7 Å². The van der Waals surface area contributed by atoms with E-state index < -0.39 is 0 Å². The topological polar surface area (TPSA) is 73.3 Å². The average Bonchev–Trinajstić information content (AvgIpc) is 2.95. The summed E-state index contributed by atoms with van der Waals surface area (Å²) >= 11 is 0. The van der Waals surface area contributed by atoms with Gasteiger partial charge < -0.3 is 14.7 Å². The van der Waals surface area contributed by atoms with Gasteiger partial charge in [0.15, 0.2) is 0 Å². The number of hydrogen-bond acceptors (Lipinski definition) is 6. The number of hydrogen-bond donors (Lipinski definition) is 1. The molecule has 1 fully saturated rings. The van der Waals surface area contributed by atoms with Crippen LogP contribution in [0.5, 0.6) is 0 Å². The number of ether oxygens (including phenoxy) is 1. The fourth-order valence-electron chi connectivity index (χ4n) is 3.93. The van der Waals surface area contributed by atoms with Crippen molar-refractivity contribution in [1.82, 2.24) is 14.7 Å². The lowest BCUT2D eigenvalue weighted by molar-refractivity contribution is -0.138. The highest BCUT2D eigenvalue weighted by Crippen LogP contribution is 2.33. The van der Waals surface area contributed by atoms with Crippen LogP contribution in [0.15, 0.2) is 23.9 Å². The second-order valence-electron chi connectivity index (χ2n) is 8.26. The van der Waals surface area contributed by atoms with Crippen molar-refractivity contribution in [2.24, 2.45) is 0 Å². The van der Waals surface area contributed by atoms with Crippen LogP contribution in [0, 0.1) is 13.8 Å².